The largest absolute Gasteiger partial charge is 0.493 e. The van der Waals surface area contributed by atoms with Crippen LogP contribution in [0.5, 0.6) is 11.5 Å². The molecular formula is C26H27N5O4. The Kier molecular flexibility index (Phi) is 6.08. The van der Waals surface area contributed by atoms with Crippen LogP contribution in [0.1, 0.15) is 13.8 Å². The quantitative estimate of drug-likeness (QED) is 0.436. The second-order valence-corrected chi connectivity index (χ2v) is 8.55. The van der Waals surface area contributed by atoms with Gasteiger partial charge >= 0.3 is 6.09 Å². The second kappa shape index (κ2) is 9.34. The van der Waals surface area contributed by atoms with E-state index in [0.29, 0.717) is 35.9 Å². The molecule has 2 aromatic carbocycles. The van der Waals surface area contributed by atoms with Crippen molar-refractivity contribution in [2.75, 3.05) is 20.3 Å². The summed E-state index contributed by atoms with van der Waals surface area (Å²) in [6, 6.07) is 13.3. The number of aryl methyl sites for hydroxylation is 1. The average molecular weight is 474 g/mol. The number of rotatable bonds is 4. The van der Waals surface area contributed by atoms with E-state index < -0.39 is 6.09 Å². The SMILES string of the molecule is COc1cc2ncnc(-c3cn(C)nc3-c3ccccc3)c2cc1OC(=O)N1CCO[C@H](C)[C@@H]1C. The van der Waals surface area contributed by atoms with Crippen molar-refractivity contribution < 1.29 is 19.0 Å². The highest BCUT2D eigenvalue weighted by Crippen LogP contribution is 2.38. The van der Waals surface area contributed by atoms with E-state index in [-0.39, 0.29) is 12.1 Å². The number of aromatic nitrogens is 4. The number of hydrogen-bond acceptors (Lipinski definition) is 7. The van der Waals surface area contributed by atoms with Crippen LogP contribution in [0.25, 0.3) is 33.4 Å². The van der Waals surface area contributed by atoms with Crippen LogP contribution in [0.4, 0.5) is 4.79 Å². The number of amides is 1. The zero-order chi connectivity index (χ0) is 24.5. The molecule has 0 unspecified atom stereocenters. The normalized spacial score (nSPS) is 18.0. The number of benzene rings is 2. The Bertz CT molecular complexity index is 1370. The van der Waals surface area contributed by atoms with Crippen molar-refractivity contribution in [3.8, 4) is 34.0 Å². The van der Waals surface area contributed by atoms with Gasteiger partial charge in [-0.3, -0.25) is 4.68 Å². The lowest BCUT2D eigenvalue weighted by Crippen LogP contribution is -2.52. The van der Waals surface area contributed by atoms with Crippen LogP contribution in [0.2, 0.25) is 0 Å². The molecule has 0 radical (unpaired) electrons. The fourth-order valence-electron chi connectivity index (χ4n) is 4.33. The third-order valence-corrected chi connectivity index (χ3v) is 6.37. The van der Waals surface area contributed by atoms with Gasteiger partial charge in [-0.15, -0.1) is 0 Å². The molecule has 2 aromatic heterocycles. The number of nitrogens with zero attached hydrogens (tertiary/aromatic N) is 5. The van der Waals surface area contributed by atoms with Crippen molar-refractivity contribution in [2.45, 2.75) is 26.0 Å². The zero-order valence-electron chi connectivity index (χ0n) is 20.1. The maximum Gasteiger partial charge on any atom is 0.415 e. The van der Waals surface area contributed by atoms with Gasteiger partial charge in [0.15, 0.2) is 11.5 Å². The Morgan fingerprint density at radius 1 is 1.09 bits per heavy atom. The molecule has 180 valence electrons. The van der Waals surface area contributed by atoms with Crippen molar-refractivity contribution in [3.05, 3.63) is 55.0 Å². The summed E-state index contributed by atoms with van der Waals surface area (Å²) in [6.07, 6.45) is 2.92. The summed E-state index contributed by atoms with van der Waals surface area (Å²) in [6.45, 7) is 4.83. The number of hydrogen-bond donors (Lipinski definition) is 0. The third-order valence-electron chi connectivity index (χ3n) is 6.37. The zero-order valence-corrected chi connectivity index (χ0v) is 20.1. The molecule has 9 nitrogen and oxygen atoms in total. The molecule has 35 heavy (non-hydrogen) atoms. The lowest BCUT2D eigenvalue weighted by molar-refractivity contribution is -0.0443. The predicted molar refractivity (Wildman–Crippen MR) is 131 cm³/mol. The summed E-state index contributed by atoms with van der Waals surface area (Å²) in [4.78, 5) is 23.8. The molecule has 4 aromatic rings. The van der Waals surface area contributed by atoms with Crippen molar-refractivity contribution >= 4 is 17.0 Å². The van der Waals surface area contributed by atoms with Crippen molar-refractivity contribution in [1.82, 2.24) is 24.6 Å². The minimum atomic E-state index is -0.449. The number of fused-ring (bicyclic) bond motifs is 1. The first-order valence-electron chi connectivity index (χ1n) is 11.5. The minimum Gasteiger partial charge on any atom is -0.493 e. The molecule has 1 fully saturated rings. The third kappa shape index (κ3) is 4.30. The van der Waals surface area contributed by atoms with Crippen LogP contribution in [0.3, 0.4) is 0 Å². The Morgan fingerprint density at radius 3 is 2.66 bits per heavy atom. The van der Waals surface area contributed by atoms with Crippen LogP contribution in [-0.2, 0) is 11.8 Å². The van der Waals surface area contributed by atoms with Crippen LogP contribution < -0.4 is 9.47 Å². The topological polar surface area (TPSA) is 91.6 Å². The first-order valence-corrected chi connectivity index (χ1v) is 11.5. The fourth-order valence-corrected chi connectivity index (χ4v) is 4.33. The van der Waals surface area contributed by atoms with E-state index in [4.69, 9.17) is 14.2 Å². The Labute approximate surface area is 203 Å². The standard InChI is InChI=1S/C26H27N5O4/c1-16-17(2)34-11-10-31(16)26(32)35-23-12-19-21(13-22(23)33-4)27-15-28-25(19)20-14-30(3)29-24(20)18-8-6-5-7-9-18/h5-9,12-17H,10-11H2,1-4H3/t16-,17+/m0/s1. The van der Waals surface area contributed by atoms with Gasteiger partial charge in [-0.2, -0.15) is 5.10 Å². The molecule has 0 aliphatic carbocycles. The summed E-state index contributed by atoms with van der Waals surface area (Å²) >= 11 is 0. The molecular weight excluding hydrogens is 446 g/mol. The lowest BCUT2D eigenvalue weighted by atomic mass is 10.0. The number of carbonyl (C=O) groups excluding carboxylic acids is 1. The summed E-state index contributed by atoms with van der Waals surface area (Å²) < 4.78 is 18.8. The van der Waals surface area contributed by atoms with Gasteiger partial charge in [0, 0.05) is 42.4 Å². The highest BCUT2D eigenvalue weighted by Gasteiger charge is 2.31. The summed E-state index contributed by atoms with van der Waals surface area (Å²) in [5.74, 6) is 0.719. The Balaban J connectivity index is 1.59. The Morgan fingerprint density at radius 2 is 1.89 bits per heavy atom. The first-order chi connectivity index (χ1) is 17.0. The van der Waals surface area contributed by atoms with E-state index in [1.54, 1.807) is 21.7 Å². The van der Waals surface area contributed by atoms with E-state index in [9.17, 15) is 4.79 Å². The van der Waals surface area contributed by atoms with Crippen molar-refractivity contribution in [2.24, 2.45) is 7.05 Å². The molecule has 1 aliphatic heterocycles. The van der Waals surface area contributed by atoms with Crippen LogP contribution >= 0.6 is 0 Å². The predicted octanol–water partition coefficient (Wildman–Crippen LogP) is 4.31. The number of morpholine rings is 1. The molecule has 2 atom stereocenters. The molecule has 0 N–H and O–H groups in total. The Hall–Kier alpha value is -3.98. The van der Waals surface area contributed by atoms with Gasteiger partial charge in [-0.25, -0.2) is 14.8 Å². The minimum absolute atomic E-state index is 0.0724. The summed E-state index contributed by atoms with van der Waals surface area (Å²) in [5.41, 5.74) is 3.99. The summed E-state index contributed by atoms with van der Waals surface area (Å²) in [7, 11) is 3.41. The molecule has 3 heterocycles. The van der Waals surface area contributed by atoms with Crippen LogP contribution in [0.15, 0.2) is 55.0 Å². The molecule has 0 bridgehead atoms. The van der Waals surface area contributed by atoms with E-state index >= 15 is 0 Å². The van der Waals surface area contributed by atoms with Gasteiger partial charge in [0.05, 0.1) is 37.1 Å². The highest BCUT2D eigenvalue weighted by atomic mass is 16.6. The van der Waals surface area contributed by atoms with Gasteiger partial charge in [0.2, 0.25) is 0 Å². The summed E-state index contributed by atoms with van der Waals surface area (Å²) in [5, 5.41) is 5.40. The fraction of sp³-hybridized carbons (Fsp3) is 0.308. The highest BCUT2D eigenvalue weighted by molar-refractivity contribution is 5.97. The monoisotopic (exact) mass is 473 g/mol. The van der Waals surface area contributed by atoms with E-state index in [2.05, 4.69) is 15.1 Å². The maximum absolute atomic E-state index is 13.1. The van der Waals surface area contributed by atoms with Crippen LogP contribution in [-0.4, -0.2) is 63.1 Å². The maximum atomic E-state index is 13.1. The van der Waals surface area contributed by atoms with Gasteiger partial charge in [0.25, 0.3) is 0 Å². The number of carbonyl (C=O) groups is 1. The van der Waals surface area contributed by atoms with Crippen molar-refractivity contribution in [3.63, 3.8) is 0 Å². The number of methoxy groups -OCH3 is 1. The lowest BCUT2D eigenvalue weighted by Gasteiger charge is -2.36. The molecule has 1 aliphatic rings. The van der Waals surface area contributed by atoms with E-state index in [1.807, 2.05) is 57.4 Å². The molecule has 0 spiro atoms. The second-order valence-electron chi connectivity index (χ2n) is 8.55. The van der Waals surface area contributed by atoms with Gasteiger partial charge < -0.3 is 19.1 Å². The van der Waals surface area contributed by atoms with E-state index in [1.165, 1.54) is 13.4 Å². The molecule has 1 amide bonds. The van der Waals surface area contributed by atoms with Gasteiger partial charge in [-0.1, -0.05) is 30.3 Å². The molecule has 0 saturated carbocycles. The first kappa shape index (κ1) is 22.8. The average Bonchev–Trinajstić information content (AvgIpc) is 3.26. The van der Waals surface area contributed by atoms with Crippen LogP contribution in [0, 0.1) is 0 Å². The van der Waals surface area contributed by atoms with E-state index in [0.717, 1.165) is 22.2 Å². The van der Waals surface area contributed by atoms with Gasteiger partial charge in [0.1, 0.15) is 12.0 Å². The molecule has 1 saturated heterocycles. The smallest absolute Gasteiger partial charge is 0.415 e. The molecule has 9 heteroatoms. The molecule has 5 rings (SSSR count). The van der Waals surface area contributed by atoms with Crippen molar-refractivity contribution in [1.29, 1.82) is 0 Å². The number of ether oxygens (including phenoxy) is 3. The van der Waals surface area contributed by atoms with Gasteiger partial charge in [-0.05, 0) is 19.9 Å².